The zero-order chi connectivity index (χ0) is 23.7. The van der Waals surface area contributed by atoms with Gasteiger partial charge < -0.3 is 31.5 Å². The van der Waals surface area contributed by atoms with E-state index in [1.54, 1.807) is 6.92 Å². The molecule has 1 fully saturated rings. The number of hydrogen-bond acceptors (Lipinski definition) is 7. The summed E-state index contributed by atoms with van der Waals surface area (Å²) in [6.07, 6.45) is 1.14. The average molecular weight is 461 g/mol. The molecule has 5 atom stereocenters. The maximum absolute atomic E-state index is 13.2. The van der Waals surface area contributed by atoms with Crippen molar-refractivity contribution in [2.45, 2.75) is 70.1 Å². The number of thiol groups is 1. The smallest absolute Gasteiger partial charge is 0.327 e. The van der Waals surface area contributed by atoms with E-state index in [0.717, 1.165) is 0 Å². The molecule has 3 amide bonds. The number of carbonyl (C=O) groups excluding carboxylic acids is 3. The molecule has 6 N–H and O–H groups in total. The maximum Gasteiger partial charge on any atom is 0.327 e. The molecule has 0 saturated carbocycles. The van der Waals surface area contributed by atoms with E-state index in [1.807, 2.05) is 6.92 Å². The monoisotopic (exact) mass is 460 g/mol. The molecule has 1 aliphatic heterocycles. The zero-order valence-electron chi connectivity index (χ0n) is 17.7. The van der Waals surface area contributed by atoms with Gasteiger partial charge in [0.1, 0.15) is 18.1 Å². The number of carboxylic acids is 2. The molecular formula is C19H32N4O7S. The number of hydrogen-bond donors (Lipinski definition) is 6. The minimum Gasteiger partial charge on any atom is -0.481 e. The highest BCUT2D eigenvalue weighted by molar-refractivity contribution is 7.80. The van der Waals surface area contributed by atoms with Crippen LogP contribution in [0.15, 0.2) is 0 Å². The highest BCUT2D eigenvalue weighted by Gasteiger charge is 2.40. The van der Waals surface area contributed by atoms with Gasteiger partial charge in [-0.3, -0.25) is 19.2 Å². The molecule has 0 aliphatic carbocycles. The summed E-state index contributed by atoms with van der Waals surface area (Å²) >= 11 is 3.92. The van der Waals surface area contributed by atoms with Crippen LogP contribution in [0.5, 0.6) is 0 Å². The van der Waals surface area contributed by atoms with Crippen LogP contribution in [-0.2, 0) is 24.0 Å². The Morgan fingerprint density at radius 2 is 1.84 bits per heavy atom. The number of carboxylic acid groups (broad SMARTS) is 2. The molecule has 1 saturated heterocycles. The number of aliphatic carboxylic acids is 2. The second-order valence-electron chi connectivity index (χ2n) is 7.68. The summed E-state index contributed by atoms with van der Waals surface area (Å²) in [5, 5.41) is 22.9. The molecule has 12 heteroatoms. The molecule has 0 bridgehead atoms. The number of likely N-dealkylation sites (tertiary alicyclic amines) is 1. The molecule has 31 heavy (non-hydrogen) atoms. The van der Waals surface area contributed by atoms with Crippen LogP contribution in [0.3, 0.4) is 0 Å². The van der Waals surface area contributed by atoms with E-state index in [-0.39, 0.29) is 24.5 Å². The lowest BCUT2D eigenvalue weighted by Gasteiger charge is -2.32. The minimum atomic E-state index is -1.22. The summed E-state index contributed by atoms with van der Waals surface area (Å²) < 4.78 is 0. The molecule has 0 aromatic carbocycles. The number of carbonyl (C=O) groups is 5. The van der Waals surface area contributed by atoms with Gasteiger partial charge in [0.15, 0.2) is 0 Å². The molecule has 1 rings (SSSR count). The number of rotatable bonds is 12. The molecule has 1 aliphatic rings. The van der Waals surface area contributed by atoms with Crippen LogP contribution in [-0.4, -0.2) is 81.2 Å². The summed E-state index contributed by atoms with van der Waals surface area (Å²) in [5.41, 5.74) is 5.76. The lowest BCUT2D eigenvalue weighted by molar-refractivity contribution is -0.145. The van der Waals surface area contributed by atoms with Crippen LogP contribution in [0.4, 0.5) is 0 Å². The fourth-order valence-electron chi connectivity index (χ4n) is 3.29. The second-order valence-corrected chi connectivity index (χ2v) is 8.05. The van der Waals surface area contributed by atoms with Gasteiger partial charge in [0.2, 0.25) is 17.7 Å². The summed E-state index contributed by atoms with van der Waals surface area (Å²) in [4.78, 5) is 61.5. The number of nitrogens with one attached hydrogen (secondary N) is 2. The van der Waals surface area contributed by atoms with Gasteiger partial charge in [0, 0.05) is 18.7 Å². The van der Waals surface area contributed by atoms with Crippen LogP contribution in [0, 0.1) is 5.92 Å². The lowest BCUT2D eigenvalue weighted by atomic mass is 9.96. The summed E-state index contributed by atoms with van der Waals surface area (Å²) in [5.74, 6) is -4.34. The third kappa shape index (κ3) is 7.69. The van der Waals surface area contributed by atoms with Gasteiger partial charge in [-0.2, -0.15) is 12.6 Å². The second kappa shape index (κ2) is 12.5. The molecule has 11 nitrogen and oxygen atoms in total. The number of nitrogens with zero attached hydrogens (tertiary/aromatic N) is 1. The van der Waals surface area contributed by atoms with Gasteiger partial charge in [-0.25, -0.2) is 4.79 Å². The van der Waals surface area contributed by atoms with E-state index in [0.29, 0.717) is 25.8 Å². The first-order valence-electron chi connectivity index (χ1n) is 10.3. The number of nitrogens with two attached hydrogens (primary N) is 1. The SMILES string of the molecule is CCC(C)C(NC(=O)C(N)CCC(=O)O)C(=O)N1CCCC1C(=O)NC(CS)C(=O)O. The van der Waals surface area contributed by atoms with Crippen molar-refractivity contribution in [2.24, 2.45) is 11.7 Å². The molecular weight excluding hydrogens is 428 g/mol. The minimum absolute atomic E-state index is 0.0718. The average Bonchev–Trinajstić information content (AvgIpc) is 3.22. The highest BCUT2D eigenvalue weighted by atomic mass is 32.1. The Morgan fingerprint density at radius 3 is 2.35 bits per heavy atom. The molecule has 0 spiro atoms. The topological polar surface area (TPSA) is 179 Å². The Balaban J connectivity index is 2.93. The Labute approximate surface area is 186 Å². The Kier molecular flexibility index (Phi) is 10.8. The first kappa shape index (κ1) is 26.7. The van der Waals surface area contributed by atoms with Crippen molar-refractivity contribution < 1.29 is 34.2 Å². The molecule has 0 aromatic heterocycles. The molecule has 176 valence electrons. The first-order chi connectivity index (χ1) is 14.5. The normalized spacial score (nSPS) is 19.7. The quantitative estimate of drug-likeness (QED) is 0.205. The van der Waals surface area contributed by atoms with E-state index >= 15 is 0 Å². The van der Waals surface area contributed by atoms with Crippen molar-refractivity contribution in [1.29, 1.82) is 0 Å². The lowest BCUT2D eigenvalue weighted by Crippen LogP contribution is -2.58. The van der Waals surface area contributed by atoms with E-state index in [2.05, 4.69) is 23.3 Å². The van der Waals surface area contributed by atoms with Crippen LogP contribution >= 0.6 is 12.6 Å². The Bertz CT molecular complexity index is 690. The molecule has 0 aromatic rings. The third-order valence-electron chi connectivity index (χ3n) is 5.42. The fraction of sp³-hybridized carbons (Fsp3) is 0.737. The first-order valence-corrected chi connectivity index (χ1v) is 10.9. The largest absolute Gasteiger partial charge is 0.481 e. The maximum atomic E-state index is 13.2. The zero-order valence-corrected chi connectivity index (χ0v) is 18.6. The Morgan fingerprint density at radius 1 is 1.19 bits per heavy atom. The molecule has 0 radical (unpaired) electrons. The highest BCUT2D eigenvalue weighted by Crippen LogP contribution is 2.22. The van der Waals surface area contributed by atoms with Crippen LogP contribution < -0.4 is 16.4 Å². The van der Waals surface area contributed by atoms with Crippen LogP contribution in [0.2, 0.25) is 0 Å². The van der Waals surface area contributed by atoms with Gasteiger partial charge in [-0.15, -0.1) is 0 Å². The predicted octanol–water partition coefficient (Wildman–Crippen LogP) is -0.800. The van der Waals surface area contributed by atoms with Crippen molar-refractivity contribution in [3.63, 3.8) is 0 Å². The van der Waals surface area contributed by atoms with Crippen LogP contribution in [0.25, 0.3) is 0 Å². The van der Waals surface area contributed by atoms with Crippen molar-refractivity contribution in [3.05, 3.63) is 0 Å². The van der Waals surface area contributed by atoms with E-state index in [4.69, 9.17) is 15.9 Å². The van der Waals surface area contributed by atoms with Crippen LogP contribution in [0.1, 0.15) is 46.0 Å². The standard InChI is InChI=1S/C19H32N4O7S/c1-3-10(2)15(22-16(26)11(20)6-7-14(24)25)18(28)23-8-4-5-13(23)17(27)21-12(9-31)19(29)30/h10-13,15,31H,3-9,20H2,1-2H3,(H,21,27)(H,22,26)(H,24,25)(H,29,30). The summed E-state index contributed by atoms with van der Waals surface area (Å²) in [6, 6.07) is -4.05. The fourth-order valence-corrected chi connectivity index (χ4v) is 3.54. The van der Waals surface area contributed by atoms with E-state index in [9.17, 15) is 24.0 Å². The van der Waals surface area contributed by atoms with Gasteiger partial charge in [-0.1, -0.05) is 20.3 Å². The van der Waals surface area contributed by atoms with Gasteiger partial charge in [0.05, 0.1) is 6.04 Å². The number of amides is 3. The summed E-state index contributed by atoms with van der Waals surface area (Å²) in [6.45, 7) is 3.92. The van der Waals surface area contributed by atoms with Crippen molar-refractivity contribution in [3.8, 4) is 0 Å². The third-order valence-corrected chi connectivity index (χ3v) is 5.78. The van der Waals surface area contributed by atoms with Crippen molar-refractivity contribution in [1.82, 2.24) is 15.5 Å². The molecule has 5 unspecified atom stereocenters. The molecule has 1 heterocycles. The van der Waals surface area contributed by atoms with Gasteiger partial charge >= 0.3 is 11.9 Å². The van der Waals surface area contributed by atoms with E-state index in [1.165, 1.54) is 4.90 Å². The van der Waals surface area contributed by atoms with E-state index < -0.39 is 53.8 Å². The van der Waals surface area contributed by atoms with Crippen molar-refractivity contribution >= 4 is 42.3 Å². The predicted molar refractivity (Wildman–Crippen MR) is 114 cm³/mol. The van der Waals surface area contributed by atoms with Gasteiger partial charge in [-0.05, 0) is 25.2 Å². The van der Waals surface area contributed by atoms with Gasteiger partial charge in [0.25, 0.3) is 0 Å². The Hall–Kier alpha value is -2.34. The summed E-state index contributed by atoms with van der Waals surface area (Å²) in [7, 11) is 0. The van der Waals surface area contributed by atoms with Crippen molar-refractivity contribution in [2.75, 3.05) is 12.3 Å².